The molecule has 0 unspecified atom stereocenters. The number of methoxy groups -OCH3 is 2. The van der Waals surface area contributed by atoms with Crippen molar-refractivity contribution in [1.29, 1.82) is 0 Å². The summed E-state index contributed by atoms with van der Waals surface area (Å²) < 4.78 is 15.4. The molecule has 0 amide bonds. The Labute approximate surface area is 113 Å². The van der Waals surface area contributed by atoms with Gasteiger partial charge in [-0.15, -0.1) is 0 Å². The minimum Gasteiger partial charge on any atom is -0.497 e. The Morgan fingerprint density at radius 2 is 1.63 bits per heavy atom. The SMILES string of the molecule is COc1cc(N=CC(=O)OC(C)(C)C)cc(OC)c1. The predicted molar refractivity (Wildman–Crippen MR) is 73.5 cm³/mol. The van der Waals surface area contributed by atoms with Crippen LogP contribution in [0.15, 0.2) is 23.2 Å². The number of nitrogens with zero attached hydrogens (tertiary/aromatic N) is 1. The third-order valence-electron chi connectivity index (χ3n) is 2.06. The molecule has 0 radical (unpaired) electrons. The first-order valence-electron chi connectivity index (χ1n) is 5.84. The number of hydrogen-bond acceptors (Lipinski definition) is 5. The van der Waals surface area contributed by atoms with Gasteiger partial charge < -0.3 is 14.2 Å². The number of carbonyl (C=O) groups is 1. The lowest BCUT2D eigenvalue weighted by atomic mass is 10.2. The van der Waals surface area contributed by atoms with E-state index >= 15 is 0 Å². The van der Waals surface area contributed by atoms with Crippen molar-refractivity contribution in [3.8, 4) is 11.5 Å². The summed E-state index contributed by atoms with van der Waals surface area (Å²) >= 11 is 0. The zero-order valence-corrected chi connectivity index (χ0v) is 11.9. The van der Waals surface area contributed by atoms with E-state index in [1.54, 1.807) is 53.2 Å². The molecule has 1 rings (SSSR count). The fourth-order valence-electron chi connectivity index (χ4n) is 1.32. The highest BCUT2D eigenvalue weighted by Gasteiger charge is 2.14. The molecule has 0 spiro atoms. The molecule has 0 bridgehead atoms. The molecule has 0 aromatic heterocycles. The smallest absolute Gasteiger partial charge is 0.349 e. The molecule has 104 valence electrons. The molecule has 0 heterocycles. The summed E-state index contributed by atoms with van der Waals surface area (Å²) in [4.78, 5) is 15.6. The van der Waals surface area contributed by atoms with E-state index in [-0.39, 0.29) is 0 Å². The van der Waals surface area contributed by atoms with Crippen molar-refractivity contribution in [3.63, 3.8) is 0 Å². The predicted octanol–water partition coefficient (Wildman–Crippen LogP) is 2.75. The largest absolute Gasteiger partial charge is 0.497 e. The van der Waals surface area contributed by atoms with Crippen LogP contribution in [0.3, 0.4) is 0 Å². The normalized spacial score (nSPS) is 11.4. The lowest BCUT2D eigenvalue weighted by molar-refractivity contribution is -0.145. The molecular weight excluding hydrogens is 246 g/mol. The van der Waals surface area contributed by atoms with Crippen LogP contribution in [-0.4, -0.2) is 32.0 Å². The van der Waals surface area contributed by atoms with E-state index in [4.69, 9.17) is 14.2 Å². The summed E-state index contributed by atoms with van der Waals surface area (Å²) in [5.41, 5.74) is 0.0249. The van der Waals surface area contributed by atoms with Gasteiger partial charge in [-0.05, 0) is 20.8 Å². The van der Waals surface area contributed by atoms with Crippen LogP contribution < -0.4 is 9.47 Å². The van der Waals surface area contributed by atoms with Gasteiger partial charge in [0.05, 0.1) is 19.9 Å². The molecule has 0 saturated carbocycles. The van der Waals surface area contributed by atoms with Gasteiger partial charge in [-0.25, -0.2) is 9.79 Å². The topological polar surface area (TPSA) is 57.1 Å². The van der Waals surface area contributed by atoms with Gasteiger partial charge >= 0.3 is 5.97 Å². The Bertz CT molecular complexity index is 453. The summed E-state index contributed by atoms with van der Waals surface area (Å²) in [5, 5.41) is 0. The van der Waals surface area contributed by atoms with Gasteiger partial charge in [0, 0.05) is 18.2 Å². The van der Waals surface area contributed by atoms with Gasteiger partial charge in [-0.1, -0.05) is 0 Å². The van der Waals surface area contributed by atoms with Crippen LogP contribution in [0.4, 0.5) is 5.69 Å². The second-order valence-electron chi connectivity index (χ2n) is 4.86. The Morgan fingerprint density at radius 3 is 2.05 bits per heavy atom. The third-order valence-corrected chi connectivity index (χ3v) is 2.06. The van der Waals surface area contributed by atoms with Crippen molar-refractivity contribution in [3.05, 3.63) is 18.2 Å². The summed E-state index contributed by atoms with van der Waals surface area (Å²) in [6.45, 7) is 5.40. The average Bonchev–Trinajstić information content (AvgIpc) is 2.33. The maximum atomic E-state index is 11.5. The van der Waals surface area contributed by atoms with Crippen molar-refractivity contribution >= 4 is 17.9 Å². The van der Waals surface area contributed by atoms with Gasteiger partial charge in [0.2, 0.25) is 0 Å². The van der Waals surface area contributed by atoms with Crippen LogP contribution in [-0.2, 0) is 9.53 Å². The molecule has 1 aromatic carbocycles. The van der Waals surface area contributed by atoms with Gasteiger partial charge in [0.25, 0.3) is 0 Å². The number of esters is 1. The number of rotatable bonds is 4. The number of aliphatic imine (C=N–C) groups is 1. The number of benzene rings is 1. The molecule has 0 aliphatic carbocycles. The van der Waals surface area contributed by atoms with E-state index in [9.17, 15) is 4.79 Å². The van der Waals surface area contributed by atoms with Crippen LogP contribution in [0.5, 0.6) is 11.5 Å². The molecule has 0 atom stereocenters. The third kappa shape index (κ3) is 5.42. The first-order valence-corrected chi connectivity index (χ1v) is 5.84. The van der Waals surface area contributed by atoms with Gasteiger partial charge in [-0.2, -0.15) is 0 Å². The molecule has 0 N–H and O–H groups in total. The van der Waals surface area contributed by atoms with E-state index in [2.05, 4.69) is 4.99 Å². The lowest BCUT2D eigenvalue weighted by Gasteiger charge is -2.17. The van der Waals surface area contributed by atoms with Crippen molar-refractivity contribution in [2.75, 3.05) is 14.2 Å². The Morgan fingerprint density at radius 1 is 1.11 bits per heavy atom. The molecule has 1 aromatic rings. The van der Waals surface area contributed by atoms with Crippen LogP contribution >= 0.6 is 0 Å². The quantitative estimate of drug-likeness (QED) is 0.620. The molecule has 5 heteroatoms. The van der Waals surface area contributed by atoms with Crippen LogP contribution in [0, 0.1) is 0 Å². The van der Waals surface area contributed by atoms with E-state index in [0.717, 1.165) is 6.21 Å². The summed E-state index contributed by atoms with van der Waals surface area (Å²) in [6.07, 6.45) is 1.14. The zero-order valence-electron chi connectivity index (χ0n) is 11.9. The molecule has 19 heavy (non-hydrogen) atoms. The highest BCUT2D eigenvalue weighted by molar-refractivity contribution is 6.23. The molecule has 0 aliphatic rings. The first kappa shape index (κ1) is 15.0. The summed E-state index contributed by atoms with van der Waals surface area (Å²) in [7, 11) is 3.10. The highest BCUT2D eigenvalue weighted by Crippen LogP contribution is 2.27. The lowest BCUT2D eigenvalue weighted by Crippen LogP contribution is -2.24. The highest BCUT2D eigenvalue weighted by atomic mass is 16.6. The van der Waals surface area contributed by atoms with Gasteiger partial charge in [0.15, 0.2) is 0 Å². The van der Waals surface area contributed by atoms with E-state index in [1.165, 1.54) is 0 Å². The minimum atomic E-state index is -0.533. The Balaban J connectivity index is 2.84. The minimum absolute atomic E-state index is 0.491. The fourth-order valence-corrected chi connectivity index (χ4v) is 1.32. The number of hydrogen-bond donors (Lipinski definition) is 0. The molecular formula is C14H19NO4. The molecule has 0 saturated heterocycles. The van der Waals surface area contributed by atoms with Crippen molar-refractivity contribution in [2.24, 2.45) is 4.99 Å². The second kappa shape index (κ2) is 6.22. The first-order chi connectivity index (χ1) is 8.84. The summed E-state index contributed by atoms with van der Waals surface area (Å²) in [5.74, 6) is 0.723. The molecule has 0 fully saturated rings. The van der Waals surface area contributed by atoms with Crippen LogP contribution in [0.2, 0.25) is 0 Å². The van der Waals surface area contributed by atoms with Crippen molar-refractivity contribution in [1.82, 2.24) is 0 Å². The van der Waals surface area contributed by atoms with Gasteiger partial charge in [0.1, 0.15) is 23.3 Å². The zero-order chi connectivity index (χ0) is 14.5. The van der Waals surface area contributed by atoms with E-state index in [1.807, 2.05) is 0 Å². The monoisotopic (exact) mass is 265 g/mol. The maximum Gasteiger partial charge on any atom is 0.349 e. The van der Waals surface area contributed by atoms with Crippen molar-refractivity contribution in [2.45, 2.75) is 26.4 Å². The summed E-state index contributed by atoms with van der Waals surface area (Å²) in [6, 6.07) is 5.12. The standard InChI is InChI=1S/C14H19NO4/c1-14(2,3)19-13(16)9-15-10-6-11(17-4)8-12(7-10)18-5/h6-9H,1-5H3. The van der Waals surface area contributed by atoms with Crippen molar-refractivity contribution < 1.29 is 19.0 Å². The number of carbonyl (C=O) groups excluding carboxylic acids is 1. The molecule has 0 aliphatic heterocycles. The average molecular weight is 265 g/mol. The second-order valence-corrected chi connectivity index (χ2v) is 4.86. The van der Waals surface area contributed by atoms with E-state index in [0.29, 0.717) is 17.2 Å². The van der Waals surface area contributed by atoms with E-state index < -0.39 is 11.6 Å². The number of ether oxygens (including phenoxy) is 3. The van der Waals surface area contributed by atoms with Crippen LogP contribution in [0.1, 0.15) is 20.8 Å². The fraction of sp³-hybridized carbons (Fsp3) is 0.429. The van der Waals surface area contributed by atoms with Crippen LogP contribution in [0.25, 0.3) is 0 Å². The Hall–Kier alpha value is -2.04. The Kier molecular flexibility index (Phi) is 4.92. The maximum absolute atomic E-state index is 11.5. The molecule has 5 nitrogen and oxygen atoms in total. The van der Waals surface area contributed by atoms with Gasteiger partial charge in [-0.3, -0.25) is 0 Å².